The number of benzene rings is 1. The molecule has 3 rings (SSSR count). The first-order valence-electron chi connectivity index (χ1n) is 8.86. The molecule has 0 unspecified atom stereocenters. The number of nitrogens with zero attached hydrogens (tertiary/aromatic N) is 2. The lowest BCUT2D eigenvalue weighted by molar-refractivity contribution is 0.102. The molecule has 1 aromatic heterocycles. The number of piperidine rings is 1. The molecule has 1 saturated heterocycles. The van der Waals surface area contributed by atoms with Gasteiger partial charge in [0.2, 0.25) is 5.88 Å². The molecule has 1 aliphatic heterocycles. The number of carbonyl (C=O) groups excluding carboxylic acids is 1. The standard InChI is InChI=1S/C19H18F4N4O2S/c1-18(3-4-19(23,9-20)17(30)27-18)11-5-10(6-12(21)15(11)22)26-16(28)13-7-25-14(29-2)8-24-13/h5-8H,3-4,9H2,1-2H3,(H,26,28)(H,27,30)/t18-,19-/m0/s1. The number of nitrogens with one attached hydrogen (secondary N) is 2. The Morgan fingerprint density at radius 3 is 2.60 bits per heavy atom. The van der Waals surface area contributed by atoms with E-state index < -0.39 is 40.4 Å². The van der Waals surface area contributed by atoms with Gasteiger partial charge in [-0.3, -0.25) is 4.79 Å². The van der Waals surface area contributed by atoms with Gasteiger partial charge >= 0.3 is 0 Å². The fourth-order valence-electron chi connectivity index (χ4n) is 3.11. The highest BCUT2D eigenvalue weighted by molar-refractivity contribution is 7.80. The molecule has 0 aliphatic carbocycles. The lowest BCUT2D eigenvalue weighted by Gasteiger charge is -2.42. The first-order valence-corrected chi connectivity index (χ1v) is 9.27. The van der Waals surface area contributed by atoms with Crippen LogP contribution in [0.2, 0.25) is 0 Å². The van der Waals surface area contributed by atoms with Gasteiger partial charge in [-0.1, -0.05) is 12.2 Å². The number of amides is 1. The highest BCUT2D eigenvalue weighted by Crippen LogP contribution is 2.39. The summed E-state index contributed by atoms with van der Waals surface area (Å²) in [6.07, 6.45) is 2.04. The lowest BCUT2D eigenvalue weighted by Crippen LogP contribution is -2.57. The topological polar surface area (TPSA) is 76.1 Å². The molecule has 6 nitrogen and oxygen atoms in total. The Labute approximate surface area is 175 Å². The molecule has 1 fully saturated rings. The molecule has 2 N–H and O–H groups in total. The van der Waals surface area contributed by atoms with Crippen LogP contribution in [0.4, 0.5) is 23.2 Å². The first-order chi connectivity index (χ1) is 14.1. The largest absolute Gasteiger partial charge is 0.480 e. The summed E-state index contributed by atoms with van der Waals surface area (Å²) in [5.41, 5.74) is -3.95. The van der Waals surface area contributed by atoms with E-state index in [1.807, 2.05) is 0 Å². The average Bonchev–Trinajstić information content (AvgIpc) is 2.73. The van der Waals surface area contributed by atoms with Crippen LogP contribution in [0.25, 0.3) is 0 Å². The van der Waals surface area contributed by atoms with E-state index in [1.165, 1.54) is 26.3 Å². The molecule has 1 aliphatic rings. The molecular formula is C19H18F4N4O2S. The van der Waals surface area contributed by atoms with E-state index in [0.717, 1.165) is 12.3 Å². The number of rotatable bonds is 5. The van der Waals surface area contributed by atoms with Crippen LogP contribution in [-0.2, 0) is 5.54 Å². The SMILES string of the molecule is COc1cnc(C(=O)Nc2cc(F)c(F)c([C@]3(C)CC[C@](F)(CF)C(=S)N3)c2)cn1. The smallest absolute Gasteiger partial charge is 0.275 e. The van der Waals surface area contributed by atoms with Crippen molar-refractivity contribution in [2.75, 3.05) is 19.1 Å². The normalized spacial score (nSPS) is 23.6. The molecule has 0 saturated carbocycles. The fraction of sp³-hybridized carbons (Fsp3) is 0.368. The first kappa shape index (κ1) is 21.9. The minimum absolute atomic E-state index is 0.0503. The van der Waals surface area contributed by atoms with E-state index >= 15 is 0 Å². The van der Waals surface area contributed by atoms with E-state index in [9.17, 15) is 22.4 Å². The summed E-state index contributed by atoms with van der Waals surface area (Å²) in [5.74, 6) is -2.91. The summed E-state index contributed by atoms with van der Waals surface area (Å²) < 4.78 is 61.1. The summed E-state index contributed by atoms with van der Waals surface area (Å²) in [6.45, 7) is 0.181. The van der Waals surface area contributed by atoms with Crippen molar-refractivity contribution in [1.82, 2.24) is 15.3 Å². The van der Waals surface area contributed by atoms with Crippen LogP contribution < -0.4 is 15.4 Å². The number of hydrogen-bond donors (Lipinski definition) is 2. The maximum atomic E-state index is 14.6. The van der Waals surface area contributed by atoms with Crippen LogP contribution in [0.1, 0.15) is 35.8 Å². The molecule has 2 heterocycles. The van der Waals surface area contributed by atoms with E-state index in [4.69, 9.17) is 17.0 Å². The van der Waals surface area contributed by atoms with Gasteiger partial charge in [0.1, 0.15) is 17.4 Å². The third kappa shape index (κ3) is 4.07. The summed E-state index contributed by atoms with van der Waals surface area (Å²) in [5, 5.41) is 5.02. The second kappa shape index (κ2) is 8.13. The minimum Gasteiger partial charge on any atom is -0.480 e. The second-order valence-corrected chi connectivity index (χ2v) is 7.51. The van der Waals surface area contributed by atoms with Crippen LogP contribution in [0.15, 0.2) is 24.5 Å². The van der Waals surface area contributed by atoms with Crippen LogP contribution in [-0.4, -0.2) is 40.3 Å². The summed E-state index contributed by atoms with van der Waals surface area (Å²) >= 11 is 4.91. The van der Waals surface area contributed by atoms with Gasteiger partial charge < -0.3 is 15.4 Å². The van der Waals surface area contributed by atoms with E-state index in [2.05, 4.69) is 20.6 Å². The van der Waals surface area contributed by atoms with Crippen molar-refractivity contribution in [3.05, 3.63) is 47.4 Å². The van der Waals surface area contributed by atoms with Crippen molar-refractivity contribution in [2.24, 2.45) is 0 Å². The third-order valence-electron chi connectivity index (χ3n) is 4.98. The Bertz CT molecular complexity index is 991. The summed E-state index contributed by atoms with van der Waals surface area (Å²) in [4.78, 5) is 19.7. The molecule has 1 amide bonds. The Kier molecular flexibility index (Phi) is 5.93. The average molecular weight is 442 g/mol. The number of ether oxygens (including phenoxy) is 1. The number of carbonyl (C=O) groups is 1. The Balaban J connectivity index is 1.89. The molecule has 30 heavy (non-hydrogen) atoms. The van der Waals surface area contributed by atoms with Crippen molar-refractivity contribution in [3.8, 4) is 5.88 Å². The fourth-order valence-corrected chi connectivity index (χ4v) is 3.49. The number of halogens is 4. The van der Waals surface area contributed by atoms with Crippen molar-refractivity contribution in [1.29, 1.82) is 0 Å². The molecule has 11 heteroatoms. The predicted molar refractivity (Wildman–Crippen MR) is 105 cm³/mol. The molecule has 160 valence electrons. The Hall–Kier alpha value is -2.82. The number of anilines is 1. The van der Waals surface area contributed by atoms with Crippen LogP contribution in [0.3, 0.4) is 0 Å². The molecule has 1 aromatic carbocycles. The molecule has 0 bridgehead atoms. The van der Waals surface area contributed by atoms with Crippen molar-refractivity contribution >= 4 is 28.8 Å². The molecule has 2 atom stereocenters. The van der Waals surface area contributed by atoms with Gasteiger partial charge in [0.25, 0.3) is 5.91 Å². The van der Waals surface area contributed by atoms with Gasteiger partial charge in [-0.2, -0.15) is 0 Å². The predicted octanol–water partition coefficient (Wildman–Crippen LogP) is 3.62. The van der Waals surface area contributed by atoms with Gasteiger partial charge in [-0.05, 0) is 25.8 Å². The van der Waals surface area contributed by atoms with Gasteiger partial charge in [0, 0.05) is 17.3 Å². The molecule has 0 radical (unpaired) electrons. The quantitative estimate of drug-likeness (QED) is 0.544. The highest BCUT2D eigenvalue weighted by atomic mass is 32.1. The van der Waals surface area contributed by atoms with Crippen molar-refractivity contribution < 1.29 is 27.1 Å². The number of thiocarbonyl (C=S) groups is 1. The number of hydrogen-bond acceptors (Lipinski definition) is 5. The summed E-state index contributed by atoms with van der Waals surface area (Å²) in [6, 6.07) is 2.02. The van der Waals surface area contributed by atoms with Gasteiger partial charge in [0.15, 0.2) is 17.3 Å². The maximum Gasteiger partial charge on any atom is 0.275 e. The second-order valence-electron chi connectivity index (χ2n) is 7.10. The Morgan fingerprint density at radius 2 is 2.03 bits per heavy atom. The molecular weight excluding hydrogens is 424 g/mol. The Morgan fingerprint density at radius 1 is 1.30 bits per heavy atom. The zero-order valence-electron chi connectivity index (χ0n) is 16.1. The van der Waals surface area contributed by atoms with Crippen molar-refractivity contribution in [2.45, 2.75) is 31.0 Å². The summed E-state index contributed by atoms with van der Waals surface area (Å²) in [7, 11) is 1.39. The van der Waals surface area contributed by atoms with E-state index in [-0.39, 0.29) is 35.7 Å². The number of aromatic nitrogens is 2. The third-order valence-corrected chi connectivity index (χ3v) is 5.45. The van der Waals surface area contributed by atoms with Gasteiger partial charge in [-0.15, -0.1) is 0 Å². The van der Waals surface area contributed by atoms with Crippen molar-refractivity contribution in [3.63, 3.8) is 0 Å². The molecule has 0 spiro atoms. The maximum absolute atomic E-state index is 14.6. The minimum atomic E-state index is -2.34. The zero-order chi connectivity index (χ0) is 22.1. The zero-order valence-corrected chi connectivity index (χ0v) is 16.9. The highest BCUT2D eigenvalue weighted by Gasteiger charge is 2.46. The lowest BCUT2D eigenvalue weighted by atomic mass is 9.79. The number of methoxy groups -OCH3 is 1. The molecule has 2 aromatic rings. The van der Waals surface area contributed by atoms with Crippen LogP contribution in [0.5, 0.6) is 5.88 Å². The monoisotopic (exact) mass is 442 g/mol. The number of alkyl halides is 2. The van der Waals surface area contributed by atoms with Gasteiger partial charge in [0.05, 0.1) is 25.0 Å². The van der Waals surface area contributed by atoms with Crippen LogP contribution >= 0.6 is 12.2 Å². The van der Waals surface area contributed by atoms with E-state index in [1.54, 1.807) is 0 Å². The van der Waals surface area contributed by atoms with E-state index in [0.29, 0.717) is 0 Å². The van der Waals surface area contributed by atoms with Gasteiger partial charge in [-0.25, -0.2) is 27.5 Å². The van der Waals surface area contributed by atoms with Crippen LogP contribution in [0, 0.1) is 11.6 Å².